The van der Waals surface area contributed by atoms with E-state index in [0.717, 1.165) is 13.0 Å². The standard InChI is InChI=1S/C17H37NO2.BrH/c1-3-4-5-6-7-8-9-10-11-12-13-14-15-18-16(2)17(19)20;/h16-20H,3-15H2,1-2H3;1H. The molecule has 0 saturated heterocycles. The third kappa shape index (κ3) is 18.3. The van der Waals surface area contributed by atoms with Crippen molar-refractivity contribution in [2.75, 3.05) is 6.54 Å². The Morgan fingerprint density at radius 1 is 0.714 bits per heavy atom. The highest BCUT2D eigenvalue weighted by molar-refractivity contribution is 8.93. The smallest absolute Gasteiger partial charge is 0.166 e. The lowest BCUT2D eigenvalue weighted by Gasteiger charge is -2.15. The first-order valence-corrected chi connectivity index (χ1v) is 8.78. The van der Waals surface area contributed by atoms with Gasteiger partial charge in [-0.2, -0.15) is 0 Å². The topological polar surface area (TPSA) is 52.5 Å². The molecular formula is C17H38BrNO2. The molecule has 0 saturated carbocycles. The predicted molar refractivity (Wildman–Crippen MR) is 97.1 cm³/mol. The molecule has 0 radical (unpaired) electrons. The van der Waals surface area contributed by atoms with Gasteiger partial charge in [-0.3, -0.25) is 0 Å². The monoisotopic (exact) mass is 367 g/mol. The molecule has 1 atom stereocenters. The molecule has 0 aliphatic heterocycles. The number of aliphatic hydroxyl groups excluding tert-OH is 1. The number of rotatable bonds is 15. The van der Waals surface area contributed by atoms with Crippen LogP contribution in [0.15, 0.2) is 0 Å². The van der Waals surface area contributed by atoms with E-state index in [2.05, 4.69) is 12.2 Å². The Morgan fingerprint density at radius 3 is 1.48 bits per heavy atom. The number of aliphatic hydroxyl groups is 2. The van der Waals surface area contributed by atoms with Gasteiger partial charge in [-0.15, -0.1) is 17.0 Å². The highest BCUT2D eigenvalue weighted by Gasteiger charge is 2.07. The van der Waals surface area contributed by atoms with Crippen molar-refractivity contribution in [1.82, 2.24) is 5.32 Å². The Morgan fingerprint density at radius 2 is 1.10 bits per heavy atom. The summed E-state index contributed by atoms with van der Waals surface area (Å²) in [7, 11) is 0. The number of hydrogen-bond donors (Lipinski definition) is 3. The molecular weight excluding hydrogens is 330 g/mol. The van der Waals surface area contributed by atoms with Crippen LogP contribution < -0.4 is 5.32 Å². The Labute approximate surface area is 142 Å². The number of unbranched alkanes of at least 4 members (excludes halogenated alkanes) is 11. The summed E-state index contributed by atoms with van der Waals surface area (Å²) >= 11 is 0. The van der Waals surface area contributed by atoms with Crippen molar-refractivity contribution in [3.05, 3.63) is 0 Å². The minimum Gasteiger partial charge on any atom is -0.367 e. The van der Waals surface area contributed by atoms with Crippen molar-refractivity contribution in [3.63, 3.8) is 0 Å². The first kappa shape index (κ1) is 23.6. The molecule has 0 heterocycles. The second-order valence-corrected chi connectivity index (χ2v) is 6.05. The maximum atomic E-state index is 8.91. The van der Waals surface area contributed by atoms with Crippen molar-refractivity contribution in [3.8, 4) is 0 Å². The second-order valence-electron chi connectivity index (χ2n) is 6.05. The van der Waals surface area contributed by atoms with E-state index in [-0.39, 0.29) is 23.0 Å². The molecule has 3 N–H and O–H groups in total. The molecule has 0 spiro atoms. The zero-order valence-corrected chi connectivity index (χ0v) is 15.9. The third-order valence-corrected chi connectivity index (χ3v) is 3.94. The largest absolute Gasteiger partial charge is 0.367 e. The highest BCUT2D eigenvalue weighted by Crippen LogP contribution is 2.11. The van der Waals surface area contributed by atoms with E-state index in [4.69, 9.17) is 10.2 Å². The average molecular weight is 368 g/mol. The van der Waals surface area contributed by atoms with Gasteiger partial charge in [0.1, 0.15) is 0 Å². The minimum absolute atomic E-state index is 0. The molecule has 0 aromatic heterocycles. The fraction of sp³-hybridized carbons (Fsp3) is 1.00. The molecule has 0 bridgehead atoms. The molecule has 130 valence electrons. The van der Waals surface area contributed by atoms with Crippen molar-refractivity contribution in [1.29, 1.82) is 0 Å². The van der Waals surface area contributed by atoms with Gasteiger partial charge in [0.2, 0.25) is 0 Å². The van der Waals surface area contributed by atoms with E-state index in [1.54, 1.807) is 6.92 Å². The van der Waals surface area contributed by atoms with E-state index in [1.165, 1.54) is 70.6 Å². The number of hydrogen-bond acceptors (Lipinski definition) is 3. The average Bonchev–Trinajstić information content (AvgIpc) is 2.43. The third-order valence-electron chi connectivity index (χ3n) is 3.94. The van der Waals surface area contributed by atoms with Crippen LogP contribution in [-0.2, 0) is 0 Å². The molecule has 0 aromatic carbocycles. The fourth-order valence-corrected chi connectivity index (χ4v) is 2.40. The maximum Gasteiger partial charge on any atom is 0.166 e. The summed E-state index contributed by atoms with van der Waals surface area (Å²) in [5.41, 5.74) is 0. The second kappa shape index (κ2) is 18.4. The van der Waals surface area contributed by atoms with Crippen LogP contribution in [0.2, 0.25) is 0 Å². The predicted octanol–water partition coefficient (Wildman–Crippen LogP) is 4.55. The van der Waals surface area contributed by atoms with Crippen LogP contribution in [0.5, 0.6) is 0 Å². The first-order valence-electron chi connectivity index (χ1n) is 8.78. The number of halogens is 1. The Balaban J connectivity index is 0. The van der Waals surface area contributed by atoms with Gasteiger partial charge in [-0.1, -0.05) is 77.6 Å². The van der Waals surface area contributed by atoms with Crippen LogP contribution >= 0.6 is 17.0 Å². The van der Waals surface area contributed by atoms with Crippen LogP contribution in [0.3, 0.4) is 0 Å². The van der Waals surface area contributed by atoms with Crippen LogP contribution in [0.1, 0.15) is 90.9 Å². The van der Waals surface area contributed by atoms with E-state index >= 15 is 0 Å². The highest BCUT2D eigenvalue weighted by atomic mass is 79.9. The summed E-state index contributed by atoms with van der Waals surface area (Å²) < 4.78 is 0. The molecule has 21 heavy (non-hydrogen) atoms. The molecule has 0 aromatic rings. The normalized spacial score (nSPS) is 12.4. The fourth-order valence-electron chi connectivity index (χ4n) is 2.40. The van der Waals surface area contributed by atoms with Crippen LogP contribution in [-0.4, -0.2) is 29.1 Å². The summed E-state index contributed by atoms with van der Waals surface area (Å²) in [5, 5.41) is 20.9. The molecule has 0 fully saturated rings. The van der Waals surface area contributed by atoms with Crippen molar-refractivity contribution in [2.24, 2.45) is 0 Å². The first-order chi connectivity index (χ1) is 9.68. The SMILES string of the molecule is Br.CCCCCCCCCCCCCCNC(C)C(O)O. The van der Waals surface area contributed by atoms with E-state index in [0.29, 0.717) is 0 Å². The molecule has 0 amide bonds. The molecule has 0 aliphatic carbocycles. The molecule has 4 heteroatoms. The van der Waals surface area contributed by atoms with E-state index in [9.17, 15) is 0 Å². The number of nitrogens with one attached hydrogen (secondary N) is 1. The summed E-state index contributed by atoms with van der Waals surface area (Å²) in [4.78, 5) is 0. The minimum atomic E-state index is -1.24. The van der Waals surface area contributed by atoms with Gasteiger partial charge < -0.3 is 15.5 Å². The maximum absolute atomic E-state index is 8.91. The van der Waals surface area contributed by atoms with Crippen LogP contribution in [0.4, 0.5) is 0 Å². The van der Waals surface area contributed by atoms with Crippen molar-refractivity contribution in [2.45, 2.75) is 103 Å². The van der Waals surface area contributed by atoms with Crippen LogP contribution in [0, 0.1) is 0 Å². The van der Waals surface area contributed by atoms with Gasteiger partial charge in [0.15, 0.2) is 6.29 Å². The molecule has 0 aliphatic rings. The zero-order valence-electron chi connectivity index (χ0n) is 14.1. The van der Waals surface area contributed by atoms with Gasteiger partial charge in [0, 0.05) is 0 Å². The summed E-state index contributed by atoms with van der Waals surface area (Å²) in [6, 6.07) is -0.220. The van der Waals surface area contributed by atoms with Gasteiger partial charge in [0.05, 0.1) is 6.04 Å². The van der Waals surface area contributed by atoms with E-state index in [1.807, 2.05) is 0 Å². The quantitative estimate of drug-likeness (QED) is 0.294. The van der Waals surface area contributed by atoms with Gasteiger partial charge in [-0.05, 0) is 19.9 Å². The molecule has 1 unspecified atom stereocenters. The van der Waals surface area contributed by atoms with Gasteiger partial charge in [-0.25, -0.2) is 0 Å². The van der Waals surface area contributed by atoms with Crippen molar-refractivity contribution >= 4 is 17.0 Å². The Hall–Kier alpha value is 0.360. The van der Waals surface area contributed by atoms with Gasteiger partial charge >= 0.3 is 0 Å². The summed E-state index contributed by atoms with van der Waals surface area (Å²) in [6.07, 6.45) is 15.0. The lowest BCUT2D eigenvalue weighted by Crippen LogP contribution is -2.37. The Kier molecular flexibility index (Phi) is 20.7. The zero-order chi connectivity index (χ0) is 15.1. The summed E-state index contributed by atoms with van der Waals surface area (Å²) in [6.45, 7) is 4.95. The molecule has 0 rings (SSSR count). The summed E-state index contributed by atoms with van der Waals surface area (Å²) in [5.74, 6) is 0. The lowest BCUT2D eigenvalue weighted by atomic mass is 10.1. The van der Waals surface area contributed by atoms with Crippen molar-refractivity contribution < 1.29 is 10.2 Å². The van der Waals surface area contributed by atoms with Gasteiger partial charge in [0.25, 0.3) is 0 Å². The van der Waals surface area contributed by atoms with Crippen LogP contribution in [0.25, 0.3) is 0 Å². The van der Waals surface area contributed by atoms with E-state index < -0.39 is 6.29 Å². The lowest BCUT2D eigenvalue weighted by molar-refractivity contribution is -0.0623. The molecule has 3 nitrogen and oxygen atoms in total. The Bertz CT molecular complexity index is 192.